The summed E-state index contributed by atoms with van der Waals surface area (Å²) in [5.41, 5.74) is 6.46. The fourth-order valence-electron chi connectivity index (χ4n) is 2.82. The highest BCUT2D eigenvalue weighted by atomic mass is 35.5. The molecule has 0 atom stereocenters. The van der Waals surface area contributed by atoms with Crippen LogP contribution in [0.15, 0.2) is 23.4 Å². The average molecular weight is 310 g/mol. The van der Waals surface area contributed by atoms with Gasteiger partial charge in [-0.3, -0.25) is 4.79 Å². The molecule has 2 rings (SSSR count). The van der Waals surface area contributed by atoms with E-state index in [1.165, 1.54) is 0 Å². The molecule has 0 spiro atoms. The number of rotatable bonds is 3. The third-order valence-electron chi connectivity index (χ3n) is 4.19. The van der Waals surface area contributed by atoms with Gasteiger partial charge in [-0.1, -0.05) is 42.1 Å². The molecule has 0 aliphatic heterocycles. The molecule has 1 fully saturated rings. The van der Waals surface area contributed by atoms with Crippen molar-refractivity contribution >= 4 is 29.0 Å². The number of halogens is 1. The Morgan fingerprint density at radius 3 is 2.67 bits per heavy atom. The van der Waals surface area contributed by atoms with Crippen molar-refractivity contribution in [2.75, 3.05) is 5.32 Å². The number of benzene rings is 1. The van der Waals surface area contributed by atoms with E-state index in [2.05, 4.69) is 10.5 Å². The minimum Gasteiger partial charge on any atom is -0.409 e. The maximum Gasteiger partial charge on any atom is 0.238 e. The van der Waals surface area contributed by atoms with Crippen LogP contribution in [0.25, 0.3) is 0 Å². The van der Waals surface area contributed by atoms with Crippen molar-refractivity contribution in [1.82, 2.24) is 0 Å². The van der Waals surface area contributed by atoms with Crippen molar-refractivity contribution in [3.8, 4) is 0 Å². The second-order valence-electron chi connectivity index (χ2n) is 5.54. The number of hydrogen-bond donors (Lipinski definition) is 3. The highest BCUT2D eigenvalue weighted by Gasteiger charge is 2.44. The monoisotopic (exact) mass is 309 g/mol. The summed E-state index contributed by atoms with van der Waals surface area (Å²) < 4.78 is 0. The summed E-state index contributed by atoms with van der Waals surface area (Å²) in [6, 6.07) is 5.32. The molecule has 21 heavy (non-hydrogen) atoms. The molecule has 1 aromatic rings. The summed E-state index contributed by atoms with van der Waals surface area (Å²) in [4.78, 5) is 12.7. The highest BCUT2D eigenvalue weighted by molar-refractivity contribution is 6.31. The molecule has 0 unspecified atom stereocenters. The zero-order valence-corrected chi connectivity index (χ0v) is 12.8. The summed E-state index contributed by atoms with van der Waals surface area (Å²) in [6.07, 6.45) is 4.02. The molecule has 5 nitrogen and oxygen atoms in total. The van der Waals surface area contributed by atoms with Gasteiger partial charge in [0.15, 0.2) is 5.84 Å². The summed E-state index contributed by atoms with van der Waals surface area (Å²) in [6.45, 7) is 1.89. The molecule has 0 radical (unpaired) electrons. The molecule has 114 valence electrons. The Morgan fingerprint density at radius 2 is 2.05 bits per heavy atom. The first kappa shape index (κ1) is 15.6. The SMILES string of the molecule is Cc1ccc(Cl)cc1NC(=O)C1(C(N)=NO)CCCCC1. The van der Waals surface area contributed by atoms with Crippen LogP contribution in [-0.2, 0) is 4.79 Å². The van der Waals surface area contributed by atoms with Crippen molar-refractivity contribution in [1.29, 1.82) is 0 Å². The predicted octanol–water partition coefficient (Wildman–Crippen LogP) is 3.28. The van der Waals surface area contributed by atoms with Gasteiger partial charge in [-0.25, -0.2) is 0 Å². The van der Waals surface area contributed by atoms with E-state index in [4.69, 9.17) is 22.5 Å². The predicted molar refractivity (Wildman–Crippen MR) is 83.7 cm³/mol. The summed E-state index contributed by atoms with van der Waals surface area (Å²) in [5, 5.41) is 15.6. The zero-order valence-electron chi connectivity index (χ0n) is 12.0. The molecule has 1 saturated carbocycles. The largest absolute Gasteiger partial charge is 0.409 e. The van der Waals surface area contributed by atoms with E-state index in [9.17, 15) is 4.79 Å². The molecule has 1 aliphatic rings. The topological polar surface area (TPSA) is 87.7 Å². The fraction of sp³-hybridized carbons (Fsp3) is 0.467. The van der Waals surface area contributed by atoms with E-state index in [1.54, 1.807) is 12.1 Å². The van der Waals surface area contributed by atoms with Crippen LogP contribution >= 0.6 is 11.6 Å². The van der Waals surface area contributed by atoms with Gasteiger partial charge in [-0.2, -0.15) is 0 Å². The Labute approximate surface area is 129 Å². The molecule has 0 bridgehead atoms. The number of aryl methyl sites for hydroxylation is 1. The Balaban J connectivity index is 2.29. The van der Waals surface area contributed by atoms with Crippen molar-refractivity contribution in [3.63, 3.8) is 0 Å². The molecule has 0 heterocycles. The van der Waals surface area contributed by atoms with Crippen LogP contribution in [0.2, 0.25) is 5.02 Å². The number of amidine groups is 1. The summed E-state index contributed by atoms with van der Waals surface area (Å²) in [7, 11) is 0. The molecule has 1 aromatic carbocycles. The number of nitrogens with zero attached hydrogens (tertiary/aromatic N) is 1. The quantitative estimate of drug-likeness (QED) is 0.346. The van der Waals surface area contributed by atoms with Gasteiger partial charge in [0.1, 0.15) is 5.41 Å². The summed E-state index contributed by atoms with van der Waals surface area (Å²) >= 11 is 5.97. The molecular weight excluding hydrogens is 290 g/mol. The molecule has 6 heteroatoms. The third-order valence-corrected chi connectivity index (χ3v) is 4.42. The van der Waals surface area contributed by atoms with E-state index in [-0.39, 0.29) is 11.7 Å². The maximum absolute atomic E-state index is 12.7. The number of amides is 1. The fourth-order valence-corrected chi connectivity index (χ4v) is 2.99. The second-order valence-corrected chi connectivity index (χ2v) is 5.98. The number of carbonyl (C=O) groups is 1. The van der Waals surface area contributed by atoms with Gasteiger partial charge >= 0.3 is 0 Å². The smallest absolute Gasteiger partial charge is 0.238 e. The standard InChI is InChI=1S/C15H20ClN3O2/c1-10-5-6-11(16)9-12(10)18-14(20)15(13(17)19-21)7-3-2-4-8-15/h5-6,9,21H,2-4,7-8H2,1H3,(H2,17,19)(H,18,20). The first-order chi connectivity index (χ1) is 9.99. The lowest BCUT2D eigenvalue weighted by Gasteiger charge is -2.34. The average Bonchev–Trinajstić information content (AvgIpc) is 2.50. The lowest BCUT2D eigenvalue weighted by atomic mass is 9.72. The number of hydrogen-bond acceptors (Lipinski definition) is 3. The molecule has 0 aromatic heterocycles. The minimum atomic E-state index is -0.929. The van der Waals surface area contributed by atoms with Crippen LogP contribution in [0, 0.1) is 12.3 Å². The van der Waals surface area contributed by atoms with Crippen molar-refractivity contribution in [2.24, 2.45) is 16.3 Å². The van der Waals surface area contributed by atoms with Gasteiger partial charge in [-0.15, -0.1) is 0 Å². The summed E-state index contributed by atoms with van der Waals surface area (Å²) in [5.74, 6) is -0.248. The number of nitrogens with one attached hydrogen (secondary N) is 1. The van der Waals surface area contributed by atoms with Crippen LogP contribution in [0.4, 0.5) is 5.69 Å². The highest BCUT2D eigenvalue weighted by Crippen LogP contribution is 2.38. The van der Waals surface area contributed by atoms with Gasteiger partial charge < -0.3 is 16.3 Å². The van der Waals surface area contributed by atoms with Crippen LogP contribution in [-0.4, -0.2) is 17.0 Å². The Morgan fingerprint density at radius 1 is 1.38 bits per heavy atom. The van der Waals surface area contributed by atoms with Gasteiger partial charge in [0.25, 0.3) is 0 Å². The van der Waals surface area contributed by atoms with E-state index in [0.717, 1.165) is 24.8 Å². The number of anilines is 1. The normalized spacial score (nSPS) is 18.3. The Hall–Kier alpha value is -1.75. The molecular formula is C15H20ClN3O2. The van der Waals surface area contributed by atoms with E-state index in [0.29, 0.717) is 23.6 Å². The lowest BCUT2D eigenvalue weighted by Crippen LogP contribution is -2.48. The zero-order chi connectivity index (χ0) is 15.5. The number of nitrogens with two attached hydrogens (primary N) is 1. The number of carbonyl (C=O) groups excluding carboxylic acids is 1. The van der Waals surface area contributed by atoms with Crippen LogP contribution in [0.5, 0.6) is 0 Å². The molecule has 1 aliphatic carbocycles. The van der Waals surface area contributed by atoms with E-state index >= 15 is 0 Å². The van der Waals surface area contributed by atoms with Crippen molar-refractivity contribution in [3.05, 3.63) is 28.8 Å². The molecule has 1 amide bonds. The van der Waals surface area contributed by atoms with Gasteiger partial charge in [0, 0.05) is 10.7 Å². The minimum absolute atomic E-state index is 0.0145. The van der Waals surface area contributed by atoms with Crippen LogP contribution in [0.3, 0.4) is 0 Å². The van der Waals surface area contributed by atoms with E-state index < -0.39 is 5.41 Å². The Kier molecular flexibility index (Phi) is 4.73. The van der Waals surface area contributed by atoms with Gasteiger partial charge in [-0.05, 0) is 37.5 Å². The lowest BCUT2D eigenvalue weighted by molar-refractivity contribution is -0.123. The van der Waals surface area contributed by atoms with Crippen LogP contribution in [0.1, 0.15) is 37.7 Å². The molecule has 0 saturated heterocycles. The van der Waals surface area contributed by atoms with Crippen molar-refractivity contribution in [2.45, 2.75) is 39.0 Å². The molecule has 4 N–H and O–H groups in total. The third kappa shape index (κ3) is 3.13. The van der Waals surface area contributed by atoms with E-state index in [1.807, 2.05) is 13.0 Å². The van der Waals surface area contributed by atoms with Crippen molar-refractivity contribution < 1.29 is 10.0 Å². The Bertz CT molecular complexity index is 566. The van der Waals surface area contributed by atoms with Crippen LogP contribution < -0.4 is 11.1 Å². The second kappa shape index (κ2) is 6.35. The first-order valence-corrected chi connectivity index (χ1v) is 7.43. The number of oxime groups is 1. The first-order valence-electron chi connectivity index (χ1n) is 7.05. The van der Waals surface area contributed by atoms with Gasteiger partial charge in [0.05, 0.1) is 0 Å². The van der Waals surface area contributed by atoms with Gasteiger partial charge in [0.2, 0.25) is 5.91 Å². The maximum atomic E-state index is 12.7.